The first-order valence-electron chi connectivity index (χ1n) is 5.82. The molecule has 0 unspecified atom stereocenters. The van der Waals surface area contributed by atoms with E-state index in [1.54, 1.807) is 24.3 Å². The summed E-state index contributed by atoms with van der Waals surface area (Å²) < 4.78 is 5.36. The van der Waals surface area contributed by atoms with Crippen molar-refractivity contribution in [3.63, 3.8) is 0 Å². The SMILES string of the molecule is N#Cc1c(Cl)cccc1OCC(=O)c1cc(Cl)ccc1Cl. The number of hydrogen-bond donors (Lipinski definition) is 0. The standard InChI is InChI=1S/C15H8Cl3NO2/c16-9-4-5-13(18)10(6-9)14(20)8-21-15-3-1-2-12(17)11(15)7-19/h1-6H,8H2. The number of nitrogens with zero attached hydrogens (tertiary/aromatic N) is 1. The van der Waals surface area contributed by atoms with E-state index in [2.05, 4.69) is 0 Å². The van der Waals surface area contributed by atoms with Crippen molar-refractivity contribution in [2.24, 2.45) is 0 Å². The predicted octanol–water partition coefficient (Wildman–Crippen LogP) is 4.78. The van der Waals surface area contributed by atoms with Gasteiger partial charge in [0.15, 0.2) is 6.61 Å². The van der Waals surface area contributed by atoms with Crippen LogP contribution in [0.2, 0.25) is 15.1 Å². The highest BCUT2D eigenvalue weighted by molar-refractivity contribution is 6.36. The monoisotopic (exact) mass is 339 g/mol. The van der Waals surface area contributed by atoms with Crippen LogP contribution in [0.4, 0.5) is 0 Å². The van der Waals surface area contributed by atoms with E-state index in [1.807, 2.05) is 6.07 Å². The van der Waals surface area contributed by atoms with E-state index in [4.69, 9.17) is 44.8 Å². The fourth-order valence-electron chi connectivity index (χ4n) is 1.67. The first kappa shape index (κ1) is 15.7. The molecule has 0 spiro atoms. The van der Waals surface area contributed by atoms with Crippen molar-refractivity contribution >= 4 is 40.6 Å². The Morgan fingerprint density at radius 1 is 1.14 bits per heavy atom. The van der Waals surface area contributed by atoms with Crippen molar-refractivity contribution in [2.45, 2.75) is 0 Å². The molecule has 2 rings (SSSR count). The highest BCUT2D eigenvalue weighted by atomic mass is 35.5. The zero-order valence-electron chi connectivity index (χ0n) is 10.6. The molecule has 3 nitrogen and oxygen atoms in total. The molecule has 0 amide bonds. The van der Waals surface area contributed by atoms with Gasteiger partial charge in [-0.25, -0.2) is 0 Å². The van der Waals surface area contributed by atoms with Crippen LogP contribution in [0.5, 0.6) is 5.75 Å². The first-order chi connectivity index (χ1) is 10.0. The highest BCUT2D eigenvalue weighted by Gasteiger charge is 2.14. The van der Waals surface area contributed by atoms with Gasteiger partial charge in [-0.3, -0.25) is 4.79 Å². The normalized spacial score (nSPS) is 10.0. The summed E-state index contributed by atoms with van der Waals surface area (Å²) in [6, 6.07) is 11.3. The van der Waals surface area contributed by atoms with Gasteiger partial charge in [0.05, 0.1) is 10.0 Å². The number of ether oxygens (including phenoxy) is 1. The molecule has 0 aromatic heterocycles. The summed E-state index contributed by atoms with van der Waals surface area (Å²) in [5.74, 6) is -0.0946. The van der Waals surface area contributed by atoms with E-state index in [9.17, 15) is 4.79 Å². The zero-order chi connectivity index (χ0) is 15.4. The third kappa shape index (κ3) is 3.68. The van der Waals surface area contributed by atoms with Crippen LogP contribution in [0, 0.1) is 11.3 Å². The number of hydrogen-bond acceptors (Lipinski definition) is 3. The van der Waals surface area contributed by atoms with Crippen molar-refractivity contribution < 1.29 is 9.53 Å². The maximum absolute atomic E-state index is 12.1. The Morgan fingerprint density at radius 3 is 2.62 bits per heavy atom. The molecule has 0 saturated heterocycles. The maximum Gasteiger partial charge on any atom is 0.201 e. The van der Waals surface area contributed by atoms with Gasteiger partial charge in [0.25, 0.3) is 0 Å². The molecule has 21 heavy (non-hydrogen) atoms. The number of benzene rings is 2. The van der Waals surface area contributed by atoms with Crippen LogP contribution in [0.3, 0.4) is 0 Å². The third-order valence-corrected chi connectivity index (χ3v) is 3.55. The summed E-state index contributed by atoms with van der Waals surface area (Å²) in [4.78, 5) is 12.1. The molecule has 0 bridgehead atoms. The van der Waals surface area contributed by atoms with Crippen LogP contribution in [0.1, 0.15) is 15.9 Å². The van der Waals surface area contributed by atoms with Gasteiger partial charge >= 0.3 is 0 Å². The molecule has 6 heteroatoms. The van der Waals surface area contributed by atoms with Gasteiger partial charge in [-0.1, -0.05) is 40.9 Å². The predicted molar refractivity (Wildman–Crippen MR) is 82.5 cm³/mol. The molecule has 0 fully saturated rings. The Bertz CT molecular complexity index is 738. The third-order valence-electron chi connectivity index (χ3n) is 2.67. The summed E-state index contributed by atoms with van der Waals surface area (Å²) >= 11 is 17.7. The van der Waals surface area contributed by atoms with E-state index >= 15 is 0 Å². The smallest absolute Gasteiger partial charge is 0.201 e. The Kier molecular flexibility index (Phi) is 5.08. The van der Waals surface area contributed by atoms with Crippen LogP contribution >= 0.6 is 34.8 Å². The molecule has 0 radical (unpaired) electrons. The largest absolute Gasteiger partial charge is 0.484 e. The van der Waals surface area contributed by atoms with Gasteiger partial charge < -0.3 is 4.74 Å². The lowest BCUT2D eigenvalue weighted by Crippen LogP contribution is -2.12. The van der Waals surface area contributed by atoms with Crippen molar-refractivity contribution in [2.75, 3.05) is 6.61 Å². The van der Waals surface area contributed by atoms with Crippen molar-refractivity contribution in [1.29, 1.82) is 5.26 Å². The topological polar surface area (TPSA) is 50.1 Å². The summed E-state index contributed by atoms with van der Waals surface area (Å²) in [5, 5.41) is 9.99. The van der Waals surface area contributed by atoms with E-state index < -0.39 is 0 Å². The second-order valence-electron chi connectivity index (χ2n) is 4.06. The van der Waals surface area contributed by atoms with E-state index in [0.717, 1.165) is 0 Å². The second-order valence-corrected chi connectivity index (χ2v) is 5.31. The zero-order valence-corrected chi connectivity index (χ0v) is 12.8. The number of carbonyl (C=O) groups is 1. The molecule has 0 saturated carbocycles. The van der Waals surface area contributed by atoms with Gasteiger partial charge in [-0.2, -0.15) is 5.26 Å². The molecule has 0 atom stereocenters. The average Bonchev–Trinajstić information content (AvgIpc) is 2.47. The Hall–Kier alpha value is -1.73. The van der Waals surface area contributed by atoms with Gasteiger partial charge in [0.1, 0.15) is 17.4 Å². The van der Waals surface area contributed by atoms with Crippen molar-refractivity contribution in [1.82, 2.24) is 0 Å². The molecule has 0 heterocycles. The summed E-state index contributed by atoms with van der Waals surface area (Å²) in [5.41, 5.74) is 0.453. The molecule has 0 N–H and O–H groups in total. The average molecular weight is 341 g/mol. The number of carbonyl (C=O) groups excluding carboxylic acids is 1. The van der Waals surface area contributed by atoms with Crippen LogP contribution in [0.15, 0.2) is 36.4 Å². The van der Waals surface area contributed by atoms with Crippen LogP contribution < -0.4 is 4.74 Å². The maximum atomic E-state index is 12.1. The van der Waals surface area contributed by atoms with Crippen LogP contribution in [-0.4, -0.2) is 12.4 Å². The van der Waals surface area contributed by atoms with Crippen LogP contribution in [0.25, 0.3) is 0 Å². The minimum absolute atomic E-state index is 0.184. The Labute approximate surface area is 136 Å². The molecule has 0 aliphatic heterocycles. The summed E-state index contributed by atoms with van der Waals surface area (Å²) in [6.45, 7) is -0.269. The molecular weight excluding hydrogens is 333 g/mol. The lowest BCUT2D eigenvalue weighted by molar-refractivity contribution is 0.0921. The summed E-state index contributed by atoms with van der Waals surface area (Å²) in [6.07, 6.45) is 0. The minimum Gasteiger partial charge on any atom is -0.484 e. The summed E-state index contributed by atoms with van der Waals surface area (Å²) in [7, 11) is 0. The molecule has 106 valence electrons. The Morgan fingerprint density at radius 2 is 1.90 bits per heavy atom. The minimum atomic E-state index is -0.341. The molecule has 0 aliphatic carbocycles. The van der Waals surface area contributed by atoms with Crippen LogP contribution in [-0.2, 0) is 0 Å². The van der Waals surface area contributed by atoms with E-state index in [0.29, 0.717) is 10.0 Å². The second kappa shape index (κ2) is 6.82. The van der Waals surface area contributed by atoms with Gasteiger partial charge in [-0.05, 0) is 30.3 Å². The number of ketones is 1. The first-order valence-corrected chi connectivity index (χ1v) is 6.96. The fourth-order valence-corrected chi connectivity index (χ4v) is 2.27. The lowest BCUT2D eigenvalue weighted by Gasteiger charge is -2.09. The molecule has 0 aliphatic rings. The Balaban J connectivity index is 2.17. The number of nitriles is 1. The number of Topliss-reactive ketones (excluding diaryl/α,β-unsaturated/α-hetero) is 1. The van der Waals surface area contributed by atoms with Crippen molar-refractivity contribution in [3.8, 4) is 11.8 Å². The highest BCUT2D eigenvalue weighted by Crippen LogP contribution is 2.26. The van der Waals surface area contributed by atoms with Gasteiger partial charge in [0.2, 0.25) is 5.78 Å². The van der Waals surface area contributed by atoms with E-state index in [1.165, 1.54) is 12.1 Å². The molecule has 2 aromatic rings. The quantitative estimate of drug-likeness (QED) is 0.753. The van der Waals surface area contributed by atoms with Gasteiger partial charge in [-0.15, -0.1) is 0 Å². The number of rotatable bonds is 4. The van der Waals surface area contributed by atoms with Crippen molar-refractivity contribution in [3.05, 3.63) is 62.6 Å². The fraction of sp³-hybridized carbons (Fsp3) is 0.0667. The van der Waals surface area contributed by atoms with Gasteiger partial charge in [0, 0.05) is 10.6 Å². The molecular formula is C15H8Cl3NO2. The lowest BCUT2D eigenvalue weighted by atomic mass is 10.1. The number of halogens is 3. The molecule has 2 aromatic carbocycles. The van der Waals surface area contributed by atoms with E-state index in [-0.39, 0.29) is 34.3 Å².